The number of rotatable bonds is 9. The summed E-state index contributed by atoms with van der Waals surface area (Å²) < 4.78 is 11.4. The summed E-state index contributed by atoms with van der Waals surface area (Å²) in [6, 6.07) is 19.7. The molecule has 7 nitrogen and oxygen atoms in total. The van der Waals surface area contributed by atoms with Gasteiger partial charge in [0.05, 0.1) is 18.1 Å². The van der Waals surface area contributed by atoms with E-state index in [9.17, 15) is 14.4 Å². The highest BCUT2D eigenvalue weighted by Crippen LogP contribution is 2.35. The first kappa shape index (κ1) is 26.3. The lowest BCUT2D eigenvalue weighted by Crippen LogP contribution is -2.27. The summed E-state index contributed by atoms with van der Waals surface area (Å²) in [5.41, 5.74) is 3.16. The minimum absolute atomic E-state index is 0.143. The minimum atomic E-state index is -0.374. The molecule has 0 aliphatic carbocycles. The maximum Gasteiger partial charge on any atom is 0.293 e. The normalized spacial score (nSPS) is 14.2. The van der Waals surface area contributed by atoms with Crippen molar-refractivity contribution in [3.63, 3.8) is 0 Å². The van der Waals surface area contributed by atoms with Gasteiger partial charge >= 0.3 is 0 Å². The van der Waals surface area contributed by atoms with Crippen LogP contribution in [-0.4, -0.2) is 35.2 Å². The highest BCUT2D eigenvalue weighted by molar-refractivity contribution is 8.18. The van der Waals surface area contributed by atoms with Gasteiger partial charge in [-0.05, 0) is 84.8 Å². The first-order valence-corrected chi connectivity index (χ1v) is 12.8. The SMILES string of the molecule is CCOc1cc(/C=C2\SC(=O)N(Cc3cccc(Cl)c3)C2=O)ccc1OCC(=O)Nc1cccc(C)c1. The Kier molecular flexibility index (Phi) is 8.53. The van der Waals surface area contributed by atoms with Gasteiger partial charge in [-0.1, -0.05) is 41.9 Å². The monoisotopic (exact) mass is 536 g/mol. The predicted molar refractivity (Wildman–Crippen MR) is 146 cm³/mol. The second-order valence-corrected chi connectivity index (χ2v) is 9.67. The molecule has 9 heteroatoms. The lowest BCUT2D eigenvalue weighted by atomic mass is 10.1. The Hall–Kier alpha value is -3.75. The molecule has 0 atom stereocenters. The molecule has 1 aliphatic rings. The van der Waals surface area contributed by atoms with Crippen molar-refractivity contribution >= 4 is 52.2 Å². The first-order chi connectivity index (χ1) is 17.8. The number of hydrogen-bond acceptors (Lipinski definition) is 6. The van der Waals surface area contributed by atoms with Crippen molar-refractivity contribution in [2.24, 2.45) is 0 Å². The molecule has 3 aromatic rings. The summed E-state index contributed by atoms with van der Waals surface area (Å²) in [6.45, 7) is 4.11. The van der Waals surface area contributed by atoms with Crippen molar-refractivity contribution in [2.45, 2.75) is 20.4 Å². The molecule has 190 valence electrons. The van der Waals surface area contributed by atoms with E-state index in [-0.39, 0.29) is 30.2 Å². The number of imide groups is 1. The van der Waals surface area contributed by atoms with E-state index < -0.39 is 0 Å². The zero-order valence-corrected chi connectivity index (χ0v) is 21.9. The van der Waals surface area contributed by atoms with E-state index >= 15 is 0 Å². The van der Waals surface area contributed by atoms with Crippen molar-refractivity contribution in [3.8, 4) is 11.5 Å². The van der Waals surface area contributed by atoms with E-state index in [2.05, 4.69) is 5.32 Å². The van der Waals surface area contributed by atoms with E-state index in [1.165, 1.54) is 4.90 Å². The summed E-state index contributed by atoms with van der Waals surface area (Å²) >= 11 is 6.90. The minimum Gasteiger partial charge on any atom is -0.490 e. The molecule has 0 radical (unpaired) electrons. The third-order valence-electron chi connectivity index (χ3n) is 5.33. The molecule has 37 heavy (non-hydrogen) atoms. The summed E-state index contributed by atoms with van der Waals surface area (Å²) in [5.74, 6) is 0.150. The quantitative estimate of drug-likeness (QED) is 0.323. The molecule has 4 rings (SSSR count). The molecule has 0 saturated carbocycles. The number of hydrogen-bond donors (Lipinski definition) is 1. The number of carbonyl (C=O) groups excluding carboxylic acids is 3. The van der Waals surface area contributed by atoms with Gasteiger partial charge in [0.2, 0.25) is 0 Å². The van der Waals surface area contributed by atoms with Crippen LogP contribution in [0.5, 0.6) is 11.5 Å². The maximum absolute atomic E-state index is 12.9. The molecule has 3 amide bonds. The van der Waals surface area contributed by atoms with Crippen LogP contribution in [0, 0.1) is 6.92 Å². The van der Waals surface area contributed by atoms with Gasteiger partial charge in [-0.2, -0.15) is 0 Å². The van der Waals surface area contributed by atoms with Crippen molar-refractivity contribution in [2.75, 3.05) is 18.5 Å². The largest absolute Gasteiger partial charge is 0.490 e. The highest BCUT2D eigenvalue weighted by Gasteiger charge is 2.35. The number of anilines is 1. The van der Waals surface area contributed by atoms with Gasteiger partial charge < -0.3 is 14.8 Å². The number of halogens is 1. The van der Waals surface area contributed by atoms with Crippen LogP contribution in [0.4, 0.5) is 10.5 Å². The van der Waals surface area contributed by atoms with Crippen LogP contribution < -0.4 is 14.8 Å². The number of benzene rings is 3. The second kappa shape index (κ2) is 12.0. The smallest absolute Gasteiger partial charge is 0.293 e. The van der Waals surface area contributed by atoms with Gasteiger partial charge in [-0.15, -0.1) is 0 Å². The Morgan fingerprint density at radius 1 is 1.03 bits per heavy atom. The Labute approximate surface area is 224 Å². The summed E-state index contributed by atoms with van der Waals surface area (Å²) in [7, 11) is 0. The Balaban J connectivity index is 1.44. The standard InChI is InChI=1S/C28H25ClN2O5S/c1-3-35-24-14-19(10-11-23(24)36-17-26(32)30-22-9-4-6-18(2)12-22)15-25-27(33)31(28(34)37-25)16-20-7-5-8-21(29)13-20/h4-15H,3,16-17H2,1-2H3,(H,30,32)/b25-15-. The molecule has 1 heterocycles. The number of ether oxygens (including phenoxy) is 2. The predicted octanol–water partition coefficient (Wildman–Crippen LogP) is 6.30. The molecule has 1 N–H and O–H groups in total. The van der Waals surface area contributed by atoms with Gasteiger partial charge in [-0.25, -0.2) is 0 Å². The van der Waals surface area contributed by atoms with Crippen molar-refractivity contribution in [1.82, 2.24) is 4.90 Å². The topological polar surface area (TPSA) is 84.9 Å². The molecule has 0 unspecified atom stereocenters. The van der Waals surface area contributed by atoms with Gasteiger partial charge in [0.25, 0.3) is 17.1 Å². The van der Waals surface area contributed by atoms with Crippen LogP contribution in [0.25, 0.3) is 6.08 Å². The van der Waals surface area contributed by atoms with Crippen molar-refractivity contribution in [1.29, 1.82) is 0 Å². The van der Waals surface area contributed by atoms with E-state index in [4.69, 9.17) is 21.1 Å². The summed E-state index contributed by atoms with van der Waals surface area (Å²) in [5, 5.41) is 2.99. The second-order valence-electron chi connectivity index (χ2n) is 8.24. The molecule has 1 aliphatic heterocycles. The van der Waals surface area contributed by atoms with Gasteiger partial charge in [-0.3, -0.25) is 19.3 Å². The van der Waals surface area contributed by atoms with Crippen LogP contribution in [-0.2, 0) is 16.1 Å². The third kappa shape index (κ3) is 6.93. The number of nitrogens with one attached hydrogen (secondary N) is 1. The highest BCUT2D eigenvalue weighted by atomic mass is 35.5. The van der Waals surface area contributed by atoms with Gasteiger partial charge in [0.1, 0.15) is 0 Å². The summed E-state index contributed by atoms with van der Waals surface area (Å²) in [6.07, 6.45) is 1.64. The molecule has 3 aromatic carbocycles. The maximum atomic E-state index is 12.9. The molecule has 1 fully saturated rings. The van der Waals surface area contributed by atoms with Crippen molar-refractivity contribution in [3.05, 3.63) is 93.3 Å². The van der Waals surface area contributed by atoms with Gasteiger partial charge in [0.15, 0.2) is 18.1 Å². The van der Waals surface area contributed by atoms with E-state index in [0.29, 0.717) is 39.3 Å². The van der Waals surface area contributed by atoms with Crippen LogP contribution in [0.15, 0.2) is 71.6 Å². The zero-order chi connectivity index (χ0) is 26.4. The fourth-order valence-corrected chi connectivity index (χ4v) is 4.72. The number of amides is 3. The number of aryl methyl sites for hydroxylation is 1. The molecule has 1 saturated heterocycles. The lowest BCUT2D eigenvalue weighted by Gasteiger charge is -2.13. The fraction of sp³-hybridized carbons (Fsp3) is 0.179. The van der Waals surface area contributed by atoms with Crippen LogP contribution in [0.1, 0.15) is 23.6 Å². The van der Waals surface area contributed by atoms with E-state index in [0.717, 1.165) is 22.9 Å². The summed E-state index contributed by atoms with van der Waals surface area (Å²) in [4.78, 5) is 39.3. The average molecular weight is 537 g/mol. The molecule has 0 aromatic heterocycles. The first-order valence-electron chi connectivity index (χ1n) is 11.6. The molecular formula is C28H25ClN2O5S. The van der Waals surface area contributed by atoms with Crippen LogP contribution >= 0.6 is 23.4 Å². The van der Waals surface area contributed by atoms with E-state index in [1.807, 2.05) is 44.2 Å². The van der Waals surface area contributed by atoms with Crippen LogP contribution in [0.2, 0.25) is 5.02 Å². The number of thioether (sulfide) groups is 1. The van der Waals surface area contributed by atoms with Gasteiger partial charge in [0, 0.05) is 10.7 Å². The zero-order valence-electron chi connectivity index (χ0n) is 20.3. The third-order valence-corrected chi connectivity index (χ3v) is 6.47. The molecule has 0 bridgehead atoms. The fourth-order valence-electron chi connectivity index (χ4n) is 3.67. The molecule has 0 spiro atoms. The van der Waals surface area contributed by atoms with Crippen LogP contribution in [0.3, 0.4) is 0 Å². The van der Waals surface area contributed by atoms with Crippen molar-refractivity contribution < 1.29 is 23.9 Å². The average Bonchev–Trinajstić information content (AvgIpc) is 3.11. The number of carbonyl (C=O) groups is 3. The Morgan fingerprint density at radius 3 is 2.59 bits per heavy atom. The Morgan fingerprint density at radius 2 is 1.84 bits per heavy atom. The Bertz CT molecular complexity index is 1370. The number of nitrogens with zero attached hydrogens (tertiary/aromatic N) is 1. The van der Waals surface area contributed by atoms with E-state index in [1.54, 1.807) is 42.5 Å². The molecular weight excluding hydrogens is 512 g/mol. The lowest BCUT2D eigenvalue weighted by molar-refractivity contribution is -0.123.